The van der Waals surface area contributed by atoms with Crippen molar-refractivity contribution in [2.45, 2.75) is 32.9 Å². The summed E-state index contributed by atoms with van der Waals surface area (Å²) >= 11 is 0. The van der Waals surface area contributed by atoms with Crippen molar-refractivity contribution in [1.82, 2.24) is 10.6 Å². The molecule has 0 rings (SSSR count). The average molecular weight is 130 g/mol. The summed E-state index contributed by atoms with van der Waals surface area (Å²) in [5.74, 6) is 0. The number of likely N-dealkylation sites (N-methyl/N-ethyl adjacent to an activating group) is 1. The Hall–Kier alpha value is -0.0800. The van der Waals surface area contributed by atoms with E-state index in [1.807, 2.05) is 7.05 Å². The Kier molecular flexibility index (Phi) is 4.72. The van der Waals surface area contributed by atoms with Gasteiger partial charge in [0.25, 0.3) is 0 Å². The molecule has 56 valence electrons. The van der Waals surface area contributed by atoms with E-state index in [1.165, 1.54) is 0 Å². The van der Waals surface area contributed by atoms with E-state index in [4.69, 9.17) is 0 Å². The van der Waals surface area contributed by atoms with E-state index in [0.717, 1.165) is 6.54 Å². The molecule has 0 fully saturated rings. The second-order valence-electron chi connectivity index (χ2n) is 2.78. The number of hydrogen-bond acceptors (Lipinski definition) is 2. The molecular formula is C7H18N2. The lowest BCUT2D eigenvalue weighted by molar-refractivity contribution is 0.474. The summed E-state index contributed by atoms with van der Waals surface area (Å²) in [6.07, 6.45) is 0. The molecule has 0 saturated heterocycles. The molecule has 0 amide bonds. The van der Waals surface area contributed by atoms with Gasteiger partial charge < -0.3 is 10.6 Å². The molecular weight excluding hydrogens is 112 g/mol. The fourth-order valence-electron chi connectivity index (χ4n) is 0.934. The van der Waals surface area contributed by atoms with Gasteiger partial charge in [-0.3, -0.25) is 0 Å². The van der Waals surface area contributed by atoms with Crippen LogP contribution in [0, 0.1) is 0 Å². The van der Waals surface area contributed by atoms with Crippen LogP contribution in [0.5, 0.6) is 0 Å². The molecule has 2 N–H and O–H groups in total. The summed E-state index contributed by atoms with van der Waals surface area (Å²) in [7, 11) is 1.97. The van der Waals surface area contributed by atoms with Crippen LogP contribution in [-0.2, 0) is 0 Å². The highest BCUT2D eigenvalue weighted by Crippen LogP contribution is 1.82. The molecule has 0 radical (unpaired) electrons. The van der Waals surface area contributed by atoms with E-state index in [9.17, 15) is 0 Å². The minimum Gasteiger partial charge on any atom is -0.318 e. The molecule has 1 atom stereocenters. The lowest BCUT2D eigenvalue weighted by atomic mass is 10.3. The second kappa shape index (κ2) is 4.77. The van der Waals surface area contributed by atoms with Crippen molar-refractivity contribution < 1.29 is 0 Å². The van der Waals surface area contributed by atoms with Crippen LogP contribution in [0.25, 0.3) is 0 Å². The summed E-state index contributed by atoms with van der Waals surface area (Å²) in [4.78, 5) is 0. The molecule has 0 spiro atoms. The summed E-state index contributed by atoms with van der Waals surface area (Å²) in [5, 5.41) is 6.49. The van der Waals surface area contributed by atoms with Gasteiger partial charge in [-0.1, -0.05) is 13.8 Å². The van der Waals surface area contributed by atoms with Crippen molar-refractivity contribution in [2.75, 3.05) is 13.6 Å². The molecule has 0 bridgehead atoms. The molecule has 2 nitrogen and oxygen atoms in total. The summed E-state index contributed by atoms with van der Waals surface area (Å²) in [6, 6.07) is 1.17. The minimum absolute atomic E-state index is 0.579. The van der Waals surface area contributed by atoms with Gasteiger partial charge in [0, 0.05) is 18.6 Å². The van der Waals surface area contributed by atoms with Crippen LogP contribution >= 0.6 is 0 Å². The lowest BCUT2D eigenvalue weighted by Crippen LogP contribution is -2.38. The van der Waals surface area contributed by atoms with Crippen molar-refractivity contribution in [1.29, 1.82) is 0 Å². The fraction of sp³-hybridized carbons (Fsp3) is 1.00. The predicted molar refractivity (Wildman–Crippen MR) is 41.7 cm³/mol. The van der Waals surface area contributed by atoms with Crippen LogP contribution in [0.2, 0.25) is 0 Å². The van der Waals surface area contributed by atoms with E-state index in [2.05, 4.69) is 31.4 Å². The third kappa shape index (κ3) is 5.80. The monoisotopic (exact) mass is 130 g/mol. The van der Waals surface area contributed by atoms with Gasteiger partial charge >= 0.3 is 0 Å². The van der Waals surface area contributed by atoms with Gasteiger partial charge in [0.05, 0.1) is 0 Å². The van der Waals surface area contributed by atoms with Gasteiger partial charge in [-0.2, -0.15) is 0 Å². The molecule has 0 aliphatic carbocycles. The van der Waals surface area contributed by atoms with Crippen LogP contribution in [0.1, 0.15) is 20.8 Å². The van der Waals surface area contributed by atoms with Crippen LogP contribution in [0.15, 0.2) is 0 Å². The Labute approximate surface area is 58.0 Å². The highest BCUT2D eigenvalue weighted by atomic mass is 15.0. The zero-order valence-corrected chi connectivity index (χ0v) is 6.86. The lowest BCUT2D eigenvalue weighted by Gasteiger charge is -2.15. The van der Waals surface area contributed by atoms with Gasteiger partial charge in [0.15, 0.2) is 0 Å². The zero-order valence-electron chi connectivity index (χ0n) is 6.86. The smallest absolute Gasteiger partial charge is 0.0166 e. The molecule has 0 aliphatic rings. The van der Waals surface area contributed by atoms with Crippen molar-refractivity contribution in [3.8, 4) is 0 Å². The normalized spacial score (nSPS) is 14.3. The van der Waals surface area contributed by atoms with Gasteiger partial charge in [0.2, 0.25) is 0 Å². The molecule has 0 aromatic rings. The molecule has 1 unspecified atom stereocenters. The Morgan fingerprint density at radius 1 is 1.22 bits per heavy atom. The fourth-order valence-corrected chi connectivity index (χ4v) is 0.934. The maximum Gasteiger partial charge on any atom is 0.0166 e. The molecule has 0 aliphatic heterocycles. The van der Waals surface area contributed by atoms with E-state index >= 15 is 0 Å². The van der Waals surface area contributed by atoms with Crippen LogP contribution < -0.4 is 10.6 Å². The first-order valence-electron chi connectivity index (χ1n) is 3.57. The van der Waals surface area contributed by atoms with E-state index in [0.29, 0.717) is 12.1 Å². The van der Waals surface area contributed by atoms with Crippen molar-refractivity contribution in [3.05, 3.63) is 0 Å². The SMILES string of the molecule is CNCC(C)NC(C)C. The highest BCUT2D eigenvalue weighted by Gasteiger charge is 1.99. The summed E-state index contributed by atoms with van der Waals surface area (Å²) < 4.78 is 0. The third-order valence-corrected chi connectivity index (χ3v) is 1.13. The van der Waals surface area contributed by atoms with Crippen LogP contribution in [0.4, 0.5) is 0 Å². The van der Waals surface area contributed by atoms with Crippen molar-refractivity contribution >= 4 is 0 Å². The first kappa shape index (κ1) is 8.92. The quantitative estimate of drug-likeness (QED) is 0.582. The summed E-state index contributed by atoms with van der Waals surface area (Å²) in [6.45, 7) is 7.53. The number of hydrogen-bond donors (Lipinski definition) is 2. The van der Waals surface area contributed by atoms with E-state index in [1.54, 1.807) is 0 Å². The Morgan fingerprint density at radius 2 is 1.78 bits per heavy atom. The standard InChI is InChI=1S/C7H18N2/c1-6(2)9-7(3)5-8-4/h6-9H,5H2,1-4H3. The third-order valence-electron chi connectivity index (χ3n) is 1.13. The highest BCUT2D eigenvalue weighted by molar-refractivity contribution is 4.64. The van der Waals surface area contributed by atoms with Crippen molar-refractivity contribution in [3.63, 3.8) is 0 Å². The van der Waals surface area contributed by atoms with Crippen molar-refractivity contribution in [2.24, 2.45) is 0 Å². The maximum absolute atomic E-state index is 3.38. The average Bonchev–Trinajstić information content (AvgIpc) is 1.63. The van der Waals surface area contributed by atoms with Crippen LogP contribution in [-0.4, -0.2) is 25.7 Å². The van der Waals surface area contributed by atoms with Gasteiger partial charge in [0.1, 0.15) is 0 Å². The first-order valence-corrected chi connectivity index (χ1v) is 3.57. The minimum atomic E-state index is 0.579. The molecule has 0 aromatic heterocycles. The topological polar surface area (TPSA) is 24.1 Å². The van der Waals surface area contributed by atoms with Gasteiger partial charge in [-0.25, -0.2) is 0 Å². The molecule has 2 heteroatoms. The largest absolute Gasteiger partial charge is 0.318 e. The maximum atomic E-state index is 3.38. The molecule has 9 heavy (non-hydrogen) atoms. The molecule has 0 heterocycles. The zero-order chi connectivity index (χ0) is 7.28. The second-order valence-corrected chi connectivity index (χ2v) is 2.78. The Morgan fingerprint density at radius 3 is 2.11 bits per heavy atom. The first-order chi connectivity index (χ1) is 4.16. The number of rotatable bonds is 4. The number of nitrogens with one attached hydrogen (secondary N) is 2. The summed E-state index contributed by atoms with van der Waals surface area (Å²) in [5.41, 5.74) is 0. The molecule has 0 aromatic carbocycles. The Bertz CT molecular complexity index is 61.9. The van der Waals surface area contributed by atoms with E-state index in [-0.39, 0.29) is 0 Å². The van der Waals surface area contributed by atoms with Crippen LogP contribution in [0.3, 0.4) is 0 Å². The van der Waals surface area contributed by atoms with E-state index < -0.39 is 0 Å². The predicted octanol–water partition coefficient (Wildman–Crippen LogP) is 0.592. The van der Waals surface area contributed by atoms with Gasteiger partial charge in [-0.05, 0) is 14.0 Å². The van der Waals surface area contributed by atoms with Gasteiger partial charge in [-0.15, -0.1) is 0 Å². The Balaban J connectivity index is 3.15. The molecule has 0 saturated carbocycles.